The van der Waals surface area contributed by atoms with Crippen molar-refractivity contribution in [2.45, 2.75) is 31.7 Å². The van der Waals surface area contributed by atoms with Crippen LogP contribution in [0.2, 0.25) is 0 Å². The Bertz CT molecular complexity index is 576. The average Bonchev–Trinajstić information content (AvgIpc) is 3.35. The van der Waals surface area contributed by atoms with E-state index in [0.717, 1.165) is 30.9 Å². The monoisotopic (exact) mass is 314 g/mol. The summed E-state index contributed by atoms with van der Waals surface area (Å²) < 4.78 is 5.53. The Balaban J connectivity index is 1.57. The average molecular weight is 314 g/mol. The minimum Gasteiger partial charge on any atom is -0.496 e. The molecule has 4 nitrogen and oxygen atoms in total. The molecule has 1 heterocycles. The van der Waals surface area contributed by atoms with Gasteiger partial charge in [0.15, 0.2) is 0 Å². The van der Waals surface area contributed by atoms with Gasteiger partial charge in [0.2, 0.25) is 5.91 Å². The number of hydrogen-bond donors (Lipinski definition) is 1. The van der Waals surface area contributed by atoms with Gasteiger partial charge in [-0.15, -0.1) is 0 Å². The van der Waals surface area contributed by atoms with Crippen LogP contribution < -0.4 is 10.1 Å². The number of hydrogen-bond acceptors (Lipinski definition) is 3. The summed E-state index contributed by atoms with van der Waals surface area (Å²) in [6, 6.07) is 8.20. The molecule has 2 saturated carbocycles. The summed E-state index contributed by atoms with van der Waals surface area (Å²) in [4.78, 5) is 15.3. The third-order valence-electron chi connectivity index (χ3n) is 5.97. The number of rotatable bonds is 3. The van der Waals surface area contributed by atoms with Crippen molar-refractivity contribution in [3.05, 3.63) is 29.8 Å². The summed E-state index contributed by atoms with van der Waals surface area (Å²) >= 11 is 0. The molecule has 23 heavy (non-hydrogen) atoms. The lowest BCUT2D eigenvalue weighted by Gasteiger charge is -2.37. The van der Waals surface area contributed by atoms with Crippen molar-refractivity contribution in [1.82, 2.24) is 10.2 Å². The van der Waals surface area contributed by atoms with Crippen LogP contribution in [-0.4, -0.2) is 37.6 Å². The molecule has 2 aliphatic carbocycles. The van der Waals surface area contributed by atoms with Crippen molar-refractivity contribution in [1.29, 1.82) is 0 Å². The van der Waals surface area contributed by atoms with Gasteiger partial charge in [-0.2, -0.15) is 0 Å². The third kappa shape index (κ3) is 2.63. The van der Waals surface area contributed by atoms with E-state index in [1.54, 1.807) is 7.11 Å². The van der Waals surface area contributed by atoms with E-state index >= 15 is 0 Å². The van der Waals surface area contributed by atoms with Gasteiger partial charge in [0.1, 0.15) is 5.75 Å². The second kappa shape index (κ2) is 6.16. The number of carbonyl (C=O) groups excluding carboxylic acids is 1. The van der Waals surface area contributed by atoms with Gasteiger partial charge in [-0.05, 0) is 30.7 Å². The zero-order valence-electron chi connectivity index (χ0n) is 13.8. The van der Waals surface area contributed by atoms with Gasteiger partial charge < -0.3 is 15.0 Å². The molecule has 1 aromatic carbocycles. The second-order valence-electron chi connectivity index (χ2n) is 7.13. The summed E-state index contributed by atoms with van der Waals surface area (Å²) in [6.07, 6.45) is 5.13. The van der Waals surface area contributed by atoms with E-state index in [2.05, 4.69) is 16.3 Å². The number of nitrogens with one attached hydrogen (secondary N) is 1. The number of piperazine rings is 1. The molecule has 3 fully saturated rings. The molecular weight excluding hydrogens is 288 g/mol. The number of benzene rings is 1. The Hall–Kier alpha value is -1.55. The molecular formula is C19H26N2O2. The summed E-state index contributed by atoms with van der Waals surface area (Å²) in [6.45, 7) is 2.51. The first-order valence-electron chi connectivity index (χ1n) is 8.95. The van der Waals surface area contributed by atoms with Crippen LogP contribution in [-0.2, 0) is 4.79 Å². The van der Waals surface area contributed by atoms with Crippen LogP contribution in [0.1, 0.15) is 37.3 Å². The van der Waals surface area contributed by atoms with Gasteiger partial charge in [0, 0.05) is 31.1 Å². The summed E-state index contributed by atoms with van der Waals surface area (Å²) in [5.74, 6) is 2.91. The molecule has 3 unspecified atom stereocenters. The molecule has 0 spiro atoms. The third-order valence-corrected chi connectivity index (χ3v) is 5.97. The Labute approximate surface area is 138 Å². The fourth-order valence-electron chi connectivity index (χ4n) is 4.74. The van der Waals surface area contributed by atoms with Crippen LogP contribution in [0, 0.1) is 17.8 Å². The summed E-state index contributed by atoms with van der Waals surface area (Å²) in [5, 5.41) is 3.44. The predicted octanol–water partition coefficient (Wildman–Crippen LogP) is 2.60. The topological polar surface area (TPSA) is 41.6 Å². The standard InChI is InChI=1S/C19H26N2O2/c1-23-17-9-5-4-8-15(17)16-12-20-10-11-21(16)19(22)18-13-6-2-3-7-14(13)18/h4-5,8-9,13-14,16,18,20H,2-3,6-7,10-12H2,1H3. The lowest BCUT2D eigenvalue weighted by molar-refractivity contribution is -0.136. The highest BCUT2D eigenvalue weighted by Crippen LogP contribution is 2.56. The fourth-order valence-corrected chi connectivity index (χ4v) is 4.74. The lowest BCUT2D eigenvalue weighted by atomic mass is 10.0. The van der Waals surface area contributed by atoms with Gasteiger partial charge in [-0.25, -0.2) is 0 Å². The Morgan fingerprint density at radius 1 is 1.22 bits per heavy atom. The maximum absolute atomic E-state index is 13.2. The molecule has 0 bridgehead atoms. The van der Waals surface area contributed by atoms with Crippen molar-refractivity contribution in [3.8, 4) is 5.75 Å². The largest absolute Gasteiger partial charge is 0.496 e. The molecule has 4 rings (SSSR count). The summed E-state index contributed by atoms with van der Waals surface area (Å²) in [5.41, 5.74) is 1.12. The fraction of sp³-hybridized carbons (Fsp3) is 0.632. The lowest BCUT2D eigenvalue weighted by Crippen LogP contribution is -2.49. The first kappa shape index (κ1) is 15.0. The van der Waals surface area contributed by atoms with Crippen LogP contribution in [0.25, 0.3) is 0 Å². The first-order valence-corrected chi connectivity index (χ1v) is 8.95. The number of amides is 1. The van der Waals surface area contributed by atoms with E-state index in [9.17, 15) is 4.79 Å². The molecule has 3 atom stereocenters. The number of methoxy groups -OCH3 is 1. The molecule has 1 amide bonds. The molecule has 0 radical (unpaired) electrons. The highest BCUT2D eigenvalue weighted by atomic mass is 16.5. The Morgan fingerprint density at radius 3 is 2.70 bits per heavy atom. The maximum Gasteiger partial charge on any atom is 0.226 e. The van der Waals surface area contributed by atoms with E-state index in [1.807, 2.05) is 18.2 Å². The highest BCUT2D eigenvalue weighted by molar-refractivity contribution is 5.83. The zero-order valence-corrected chi connectivity index (χ0v) is 13.8. The molecule has 1 saturated heterocycles. The van der Waals surface area contributed by atoms with Crippen molar-refractivity contribution >= 4 is 5.91 Å². The Morgan fingerprint density at radius 2 is 1.96 bits per heavy atom. The Kier molecular flexibility index (Phi) is 4.02. The van der Waals surface area contributed by atoms with Gasteiger partial charge in [-0.3, -0.25) is 4.79 Å². The number of para-hydroxylation sites is 1. The highest BCUT2D eigenvalue weighted by Gasteiger charge is 2.56. The van der Waals surface area contributed by atoms with Crippen LogP contribution >= 0.6 is 0 Å². The quantitative estimate of drug-likeness (QED) is 0.932. The van der Waals surface area contributed by atoms with Gasteiger partial charge in [-0.1, -0.05) is 31.0 Å². The SMILES string of the molecule is COc1ccccc1C1CNCCN1C(=O)C1C2CCCCC21. The van der Waals surface area contributed by atoms with Gasteiger partial charge >= 0.3 is 0 Å². The molecule has 0 aromatic heterocycles. The van der Waals surface area contributed by atoms with Crippen LogP contribution in [0.15, 0.2) is 24.3 Å². The van der Waals surface area contributed by atoms with Crippen LogP contribution in [0.3, 0.4) is 0 Å². The minimum atomic E-state index is 0.0926. The van der Waals surface area contributed by atoms with E-state index in [1.165, 1.54) is 25.7 Å². The first-order chi connectivity index (χ1) is 11.3. The van der Waals surface area contributed by atoms with Crippen molar-refractivity contribution in [2.75, 3.05) is 26.7 Å². The van der Waals surface area contributed by atoms with E-state index in [0.29, 0.717) is 23.7 Å². The predicted molar refractivity (Wildman–Crippen MR) is 89.3 cm³/mol. The van der Waals surface area contributed by atoms with E-state index < -0.39 is 0 Å². The van der Waals surface area contributed by atoms with Gasteiger partial charge in [0.05, 0.1) is 13.2 Å². The number of fused-ring (bicyclic) bond motifs is 1. The van der Waals surface area contributed by atoms with Gasteiger partial charge in [0.25, 0.3) is 0 Å². The second-order valence-corrected chi connectivity index (χ2v) is 7.13. The van der Waals surface area contributed by atoms with E-state index in [4.69, 9.17) is 4.74 Å². The van der Waals surface area contributed by atoms with Crippen molar-refractivity contribution in [3.63, 3.8) is 0 Å². The molecule has 1 N–H and O–H groups in total. The van der Waals surface area contributed by atoms with Crippen molar-refractivity contribution < 1.29 is 9.53 Å². The number of carbonyl (C=O) groups is 1. The number of ether oxygens (including phenoxy) is 1. The molecule has 1 aromatic rings. The van der Waals surface area contributed by atoms with Crippen LogP contribution in [0.5, 0.6) is 5.75 Å². The molecule has 3 aliphatic rings. The molecule has 124 valence electrons. The molecule has 4 heteroatoms. The molecule has 1 aliphatic heterocycles. The normalized spacial score (nSPS) is 33.0. The summed E-state index contributed by atoms with van der Waals surface area (Å²) in [7, 11) is 1.71. The smallest absolute Gasteiger partial charge is 0.226 e. The maximum atomic E-state index is 13.2. The van der Waals surface area contributed by atoms with E-state index in [-0.39, 0.29) is 6.04 Å². The zero-order chi connectivity index (χ0) is 15.8. The van der Waals surface area contributed by atoms with Crippen LogP contribution in [0.4, 0.5) is 0 Å². The number of nitrogens with zero attached hydrogens (tertiary/aromatic N) is 1. The minimum absolute atomic E-state index is 0.0926. The van der Waals surface area contributed by atoms with Crippen molar-refractivity contribution in [2.24, 2.45) is 17.8 Å².